The Morgan fingerprint density at radius 2 is 2.00 bits per heavy atom. The normalized spacial score (nSPS) is 22.2. The lowest BCUT2D eigenvalue weighted by atomic mass is 10.3. The molecule has 0 amide bonds. The predicted octanol–water partition coefficient (Wildman–Crippen LogP) is -0.631. The minimum Gasteiger partial charge on any atom is -0.329 e. The monoisotopic (exact) mass is 178 g/mol. The molecule has 11 heavy (non-hydrogen) atoms. The van der Waals surface area contributed by atoms with Gasteiger partial charge in [0.1, 0.15) is 0 Å². The SMILES string of the molecule is CN(C1(CN)CC1)S(C)(=O)=O. The highest BCUT2D eigenvalue weighted by atomic mass is 32.2. The highest BCUT2D eigenvalue weighted by molar-refractivity contribution is 7.88. The van der Waals surface area contributed by atoms with Gasteiger partial charge in [0.05, 0.1) is 6.26 Å². The van der Waals surface area contributed by atoms with Crippen LogP contribution in [0.15, 0.2) is 0 Å². The highest BCUT2D eigenvalue weighted by Crippen LogP contribution is 2.40. The van der Waals surface area contributed by atoms with E-state index in [2.05, 4.69) is 0 Å². The molecule has 0 aromatic heterocycles. The summed E-state index contributed by atoms with van der Waals surface area (Å²) in [7, 11) is -1.46. The standard InChI is InChI=1S/C6H14N2O2S/c1-8(11(2,9)10)6(5-7)3-4-6/h3-5,7H2,1-2H3. The summed E-state index contributed by atoms with van der Waals surface area (Å²) < 4.78 is 23.5. The second kappa shape index (κ2) is 2.43. The van der Waals surface area contributed by atoms with Crippen molar-refractivity contribution >= 4 is 10.0 Å². The molecule has 0 unspecified atom stereocenters. The Morgan fingerprint density at radius 3 is 2.09 bits per heavy atom. The number of nitrogens with two attached hydrogens (primary N) is 1. The zero-order chi connectivity index (χ0) is 8.70. The molecule has 4 nitrogen and oxygen atoms in total. The third kappa shape index (κ3) is 1.55. The van der Waals surface area contributed by atoms with Crippen molar-refractivity contribution in [3.8, 4) is 0 Å². The van der Waals surface area contributed by atoms with Gasteiger partial charge in [0.2, 0.25) is 10.0 Å². The molecule has 0 radical (unpaired) electrons. The molecule has 0 heterocycles. The van der Waals surface area contributed by atoms with Crippen molar-refractivity contribution in [1.82, 2.24) is 4.31 Å². The molecule has 1 aliphatic carbocycles. The molecule has 66 valence electrons. The third-order valence-corrected chi connectivity index (χ3v) is 3.75. The Hall–Kier alpha value is -0.130. The molecule has 0 spiro atoms. The number of nitrogens with zero attached hydrogens (tertiary/aromatic N) is 1. The van der Waals surface area contributed by atoms with Crippen LogP contribution >= 0.6 is 0 Å². The summed E-state index contributed by atoms with van der Waals surface area (Å²) in [6.45, 7) is 0.427. The minimum atomic E-state index is -3.06. The Labute approximate surface area is 67.4 Å². The maximum Gasteiger partial charge on any atom is 0.211 e. The third-order valence-electron chi connectivity index (χ3n) is 2.37. The van der Waals surface area contributed by atoms with Gasteiger partial charge in [0, 0.05) is 19.1 Å². The van der Waals surface area contributed by atoms with E-state index >= 15 is 0 Å². The molecular formula is C6H14N2O2S. The van der Waals surface area contributed by atoms with Crippen LogP contribution in [0, 0.1) is 0 Å². The quantitative estimate of drug-likeness (QED) is 0.626. The lowest BCUT2D eigenvalue weighted by Crippen LogP contribution is -2.43. The van der Waals surface area contributed by atoms with E-state index in [0.717, 1.165) is 12.8 Å². The summed E-state index contributed by atoms with van der Waals surface area (Å²) in [4.78, 5) is 0. The van der Waals surface area contributed by atoms with E-state index in [0.29, 0.717) is 6.54 Å². The lowest BCUT2D eigenvalue weighted by Gasteiger charge is -2.23. The molecule has 0 atom stereocenters. The van der Waals surface area contributed by atoms with Crippen LogP contribution < -0.4 is 5.73 Å². The highest BCUT2D eigenvalue weighted by Gasteiger charge is 2.48. The van der Waals surface area contributed by atoms with Crippen LogP contribution in [0.4, 0.5) is 0 Å². The molecule has 1 aliphatic rings. The lowest BCUT2D eigenvalue weighted by molar-refractivity contribution is 0.357. The molecular weight excluding hydrogens is 164 g/mol. The topological polar surface area (TPSA) is 63.4 Å². The van der Waals surface area contributed by atoms with Gasteiger partial charge < -0.3 is 5.73 Å². The summed E-state index contributed by atoms with van der Waals surface area (Å²) >= 11 is 0. The Balaban J connectivity index is 2.77. The molecule has 0 aromatic rings. The fourth-order valence-electron chi connectivity index (χ4n) is 1.14. The fourth-order valence-corrected chi connectivity index (χ4v) is 2.10. The van der Waals surface area contributed by atoms with Crippen LogP contribution in [0.5, 0.6) is 0 Å². The first-order valence-corrected chi connectivity index (χ1v) is 5.41. The molecule has 0 saturated heterocycles. The van der Waals surface area contributed by atoms with Gasteiger partial charge in [-0.05, 0) is 12.8 Å². The van der Waals surface area contributed by atoms with Crippen LogP contribution in [-0.2, 0) is 10.0 Å². The maximum atomic E-state index is 11.0. The Bertz CT molecular complexity index is 243. The van der Waals surface area contributed by atoms with Gasteiger partial charge >= 0.3 is 0 Å². The second-order valence-corrected chi connectivity index (χ2v) is 5.17. The second-order valence-electron chi connectivity index (χ2n) is 3.16. The summed E-state index contributed by atoms with van der Waals surface area (Å²) in [5, 5.41) is 0. The van der Waals surface area contributed by atoms with Crippen LogP contribution in [0.1, 0.15) is 12.8 Å². The molecule has 0 bridgehead atoms. The van der Waals surface area contributed by atoms with Crippen LogP contribution in [0.2, 0.25) is 0 Å². The molecule has 1 rings (SSSR count). The summed E-state index contributed by atoms with van der Waals surface area (Å²) in [6, 6.07) is 0. The van der Waals surface area contributed by atoms with E-state index in [4.69, 9.17) is 5.73 Å². The van der Waals surface area contributed by atoms with E-state index in [-0.39, 0.29) is 5.54 Å². The van der Waals surface area contributed by atoms with Gasteiger partial charge in [0.25, 0.3) is 0 Å². The van der Waals surface area contributed by atoms with Crippen molar-refractivity contribution in [3.05, 3.63) is 0 Å². The minimum absolute atomic E-state index is 0.242. The van der Waals surface area contributed by atoms with Gasteiger partial charge in [-0.2, -0.15) is 4.31 Å². The van der Waals surface area contributed by atoms with Crippen molar-refractivity contribution in [3.63, 3.8) is 0 Å². The largest absolute Gasteiger partial charge is 0.329 e. The fraction of sp³-hybridized carbons (Fsp3) is 1.00. The van der Waals surface area contributed by atoms with E-state index in [9.17, 15) is 8.42 Å². The summed E-state index contributed by atoms with van der Waals surface area (Å²) in [6.07, 6.45) is 3.00. The van der Waals surface area contributed by atoms with Crippen molar-refractivity contribution in [2.45, 2.75) is 18.4 Å². The van der Waals surface area contributed by atoms with E-state index < -0.39 is 10.0 Å². The molecule has 1 saturated carbocycles. The molecule has 2 N–H and O–H groups in total. The Morgan fingerprint density at radius 1 is 1.55 bits per heavy atom. The summed E-state index contributed by atoms with van der Waals surface area (Å²) in [5.74, 6) is 0. The zero-order valence-electron chi connectivity index (χ0n) is 6.87. The van der Waals surface area contributed by atoms with Crippen LogP contribution in [0.25, 0.3) is 0 Å². The number of hydrogen-bond donors (Lipinski definition) is 1. The van der Waals surface area contributed by atoms with Crippen molar-refractivity contribution in [2.24, 2.45) is 5.73 Å². The van der Waals surface area contributed by atoms with E-state index in [1.807, 2.05) is 0 Å². The first kappa shape index (κ1) is 8.96. The van der Waals surface area contributed by atoms with Crippen molar-refractivity contribution < 1.29 is 8.42 Å². The summed E-state index contributed by atoms with van der Waals surface area (Å²) in [5.41, 5.74) is 5.22. The number of likely N-dealkylation sites (N-methyl/N-ethyl adjacent to an activating group) is 1. The van der Waals surface area contributed by atoms with Gasteiger partial charge in [-0.25, -0.2) is 8.42 Å². The predicted molar refractivity (Wildman–Crippen MR) is 43.6 cm³/mol. The molecule has 0 aliphatic heterocycles. The first-order valence-electron chi connectivity index (χ1n) is 3.56. The van der Waals surface area contributed by atoms with E-state index in [1.165, 1.54) is 10.6 Å². The number of hydrogen-bond acceptors (Lipinski definition) is 3. The number of sulfonamides is 1. The maximum absolute atomic E-state index is 11.0. The smallest absolute Gasteiger partial charge is 0.211 e. The van der Waals surface area contributed by atoms with Crippen molar-refractivity contribution in [1.29, 1.82) is 0 Å². The van der Waals surface area contributed by atoms with Gasteiger partial charge in [-0.3, -0.25) is 0 Å². The molecule has 0 aromatic carbocycles. The van der Waals surface area contributed by atoms with Gasteiger partial charge in [0.15, 0.2) is 0 Å². The van der Waals surface area contributed by atoms with Gasteiger partial charge in [-0.1, -0.05) is 0 Å². The Kier molecular flexibility index (Phi) is 1.98. The molecule has 1 fully saturated rings. The zero-order valence-corrected chi connectivity index (χ0v) is 7.69. The van der Waals surface area contributed by atoms with Crippen LogP contribution in [0.3, 0.4) is 0 Å². The van der Waals surface area contributed by atoms with Crippen LogP contribution in [-0.4, -0.2) is 38.1 Å². The number of rotatable bonds is 3. The average Bonchev–Trinajstić information content (AvgIpc) is 2.64. The molecule has 5 heteroatoms. The van der Waals surface area contributed by atoms with E-state index in [1.54, 1.807) is 7.05 Å². The average molecular weight is 178 g/mol. The first-order chi connectivity index (χ1) is 4.92. The van der Waals surface area contributed by atoms with Crippen molar-refractivity contribution in [2.75, 3.05) is 19.8 Å². The van der Waals surface area contributed by atoms with Gasteiger partial charge in [-0.15, -0.1) is 0 Å².